The average molecular weight is 365 g/mol. The molecule has 2 aromatic heterocycles. The van der Waals surface area contributed by atoms with Gasteiger partial charge in [-0.3, -0.25) is 14.9 Å². The number of nitrogens with zero attached hydrogens (tertiary/aromatic N) is 5. The molecule has 123 valence electrons. The number of pyridine rings is 2. The standard InChI is InChI=1S/C12H12N2.3CO.Mn.N3/c1-9-3-5-13-11(7-9)12-8-10(2)4-6-14-12;3*1-2;;1-3-2/h3-8H,1-2H3;;;;;/q;;;;;-1. The second-order valence-corrected chi connectivity index (χ2v) is 3.53. The first-order valence-electron chi connectivity index (χ1n) is 5.62. The Kier molecular flexibility index (Phi) is 27.7. The van der Waals surface area contributed by atoms with Gasteiger partial charge in [0.05, 0.1) is 11.4 Å². The van der Waals surface area contributed by atoms with Gasteiger partial charge in [-0.05, 0) is 49.2 Å². The van der Waals surface area contributed by atoms with Gasteiger partial charge in [0.25, 0.3) is 0 Å². The molecule has 0 amide bonds. The predicted octanol–water partition coefficient (Wildman–Crippen LogP) is 3.51. The zero-order chi connectivity index (χ0) is 18.7. The zero-order valence-corrected chi connectivity index (χ0v) is 14.0. The fraction of sp³-hybridized carbons (Fsp3) is 0.133. The van der Waals surface area contributed by atoms with Crippen molar-refractivity contribution in [3.63, 3.8) is 0 Å². The summed E-state index contributed by atoms with van der Waals surface area (Å²) in [6.45, 7) is 17.6. The molecule has 0 aliphatic rings. The monoisotopic (exact) mass is 365 g/mol. The Balaban J connectivity index is -0.000000173. The molecule has 0 N–H and O–H groups in total. The van der Waals surface area contributed by atoms with E-state index < -0.39 is 0 Å². The van der Waals surface area contributed by atoms with Crippen molar-refractivity contribution < 1.29 is 31.0 Å². The van der Waals surface area contributed by atoms with Crippen LogP contribution in [0.4, 0.5) is 0 Å². The summed E-state index contributed by atoms with van der Waals surface area (Å²) >= 11 is 0. The number of hydrogen-bond acceptors (Lipinski definition) is 2. The molecule has 0 aromatic carbocycles. The molecule has 0 unspecified atom stereocenters. The Morgan fingerprint density at radius 1 is 0.792 bits per heavy atom. The van der Waals surface area contributed by atoms with E-state index >= 15 is 0 Å². The zero-order valence-electron chi connectivity index (χ0n) is 12.8. The Hall–Kier alpha value is -2.65. The third-order valence-corrected chi connectivity index (χ3v) is 2.09. The molecule has 0 aliphatic carbocycles. The number of hydrogen-bond donors (Lipinski definition) is 0. The molecule has 1 radical (unpaired) electrons. The third-order valence-electron chi connectivity index (χ3n) is 2.09. The van der Waals surface area contributed by atoms with Crippen molar-refractivity contribution in [1.82, 2.24) is 9.97 Å². The molecule has 9 heteroatoms. The molecule has 0 aliphatic heterocycles. The van der Waals surface area contributed by atoms with Crippen molar-refractivity contribution in [2.45, 2.75) is 13.8 Å². The van der Waals surface area contributed by atoms with Crippen LogP contribution in [0.15, 0.2) is 36.7 Å². The minimum absolute atomic E-state index is 0. The number of rotatable bonds is 1. The van der Waals surface area contributed by atoms with Crippen LogP contribution in [-0.4, -0.2) is 9.97 Å². The van der Waals surface area contributed by atoms with E-state index in [9.17, 15) is 0 Å². The van der Waals surface area contributed by atoms with Gasteiger partial charge < -0.3 is 11.1 Å². The fourth-order valence-corrected chi connectivity index (χ4v) is 1.35. The van der Waals surface area contributed by atoms with Crippen molar-refractivity contribution in [3.05, 3.63) is 83.7 Å². The van der Waals surface area contributed by atoms with Crippen molar-refractivity contribution in [2.24, 2.45) is 0 Å². The molecule has 2 rings (SSSR count). The van der Waals surface area contributed by atoms with Crippen molar-refractivity contribution in [2.75, 3.05) is 0 Å². The molecule has 2 heterocycles. The van der Waals surface area contributed by atoms with Crippen LogP contribution in [0.2, 0.25) is 0 Å². The van der Waals surface area contributed by atoms with Crippen molar-refractivity contribution >= 4 is 0 Å². The van der Waals surface area contributed by atoms with Gasteiger partial charge in [0.15, 0.2) is 0 Å². The first-order valence-corrected chi connectivity index (χ1v) is 5.62. The molecule has 0 atom stereocenters. The van der Waals surface area contributed by atoms with Gasteiger partial charge in [-0.2, -0.15) is 0 Å². The van der Waals surface area contributed by atoms with Gasteiger partial charge >= 0.3 is 33.9 Å². The van der Waals surface area contributed by atoms with Crippen LogP contribution in [0.3, 0.4) is 0 Å². The molecule has 0 bridgehead atoms. The average Bonchev–Trinajstić information content (AvgIpc) is 2.61. The normalized spacial score (nSPS) is 6.50. The summed E-state index contributed by atoms with van der Waals surface area (Å²) in [5, 5.41) is 0. The fourth-order valence-electron chi connectivity index (χ4n) is 1.35. The third kappa shape index (κ3) is 14.3. The minimum atomic E-state index is 0. The van der Waals surface area contributed by atoms with E-state index in [2.05, 4.69) is 43.8 Å². The van der Waals surface area contributed by atoms with Crippen molar-refractivity contribution in [1.29, 1.82) is 0 Å². The van der Waals surface area contributed by atoms with Crippen LogP contribution in [-0.2, 0) is 31.0 Å². The van der Waals surface area contributed by atoms with Gasteiger partial charge in [-0.1, -0.05) is 0 Å². The maximum Gasteiger partial charge on any atom is 0 e. The molecular weight excluding hydrogens is 353 g/mol. The molecule has 0 spiro atoms. The van der Waals surface area contributed by atoms with Gasteiger partial charge in [0.1, 0.15) is 0 Å². The molecule has 8 nitrogen and oxygen atoms in total. The number of aryl methyl sites for hydroxylation is 2. The molecule has 0 saturated carbocycles. The Labute approximate surface area is 150 Å². The van der Waals surface area contributed by atoms with Crippen LogP contribution in [0.1, 0.15) is 11.1 Å². The Morgan fingerprint density at radius 3 is 1.25 bits per heavy atom. The number of aromatic nitrogens is 2. The maximum atomic E-state index is 7.50. The quantitative estimate of drug-likeness (QED) is 0.190. The summed E-state index contributed by atoms with van der Waals surface area (Å²) in [5.41, 5.74) is 17.8. The predicted molar refractivity (Wildman–Crippen MR) is 78.8 cm³/mol. The first kappa shape index (κ1) is 29.4. The van der Waals surface area contributed by atoms with E-state index in [0.717, 1.165) is 11.4 Å². The largest absolute Gasteiger partial charge is 0.373 e. The van der Waals surface area contributed by atoms with Crippen LogP contribution in [0, 0.1) is 33.8 Å². The van der Waals surface area contributed by atoms with E-state index in [-0.39, 0.29) is 17.1 Å². The minimum Gasteiger partial charge on any atom is -0.373 e. The summed E-state index contributed by atoms with van der Waals surface area (Å²) in [6.07, 6.45) is 3.63. The molecule has 0 saturated heterocycles. The van der Waals surface area contributed by atoms with E-state index in [4.69, 9.17) is 25.0 Å². The Bertz CT molecular complexity index is 608. The van der Waals surface area contributed by atoms with Gasteiger partial charge in [-0.15, -0.1) is 0 Å². The summed E-state index contributed by atoms with van der Waals surface area (Å²) in [5.74, 6) is 0. The van der Waals surface area contributed by atoms with Crippen LogP contribution < -0.4 is 0 Å². The van der Waals surface area contributed by atoms with Gasteiger partial charge in [0.2, 0.25) is 0 Å². The smallest absolute Gasteiger partial charge is 0 e. The second-order valence-electron chi connectivity index (χ2n) is 3.53. The van der Waals surface area contributed by atoms with Crippen molar-refractivity contribution in [3.8, 4) is 11.4 Å². The van der Waals surface area contributed by atoms with E-state index in [1.807, 2.05) is 36.7 Å². The van der Waals surface area contributed by atoms with E-state index in [1.165, 1.54) is 16.0 Å². The SMILES string of the molecule is Cc1ccnc(-c2cc(C)ccn2)c1.[C-]#[O+].[C-]#[O+].[C-]#[O+].[Mn].[N-]=[N+]=[N-]. The first-order chi connectivity index (χ1) is 11.2. The maximum absolute atomic E-state index is 7.50. The Morgan fingerprint density at radius 2 is 1.04 bits per heavy atom. The topological polar surface area (TPSA) is 144 Å². The molecule has 0 fully saturated rings. The second kappa shape index (κ2) is 22.6. The molecule has 24 heavy (non-hydrogen) atoms. The summed E-state index contributed by atoms with van der Waals surface area (Å²) in [4.78, 5) is 10.1. The summed E-state index contributed by atoms with van der Waals surface area (Å²) in [6, 6.07) is 8.06. The summed E-state index contributed by atoms with van der Waals surface area (Å²) in [7, 11) is 0. The summed E-state index contributed by atoms with van der Waals surface area (Å²) < 4.78 is 22.5. The molecular formula is C15H12MnN5O3-. The van der Waals surface area contributed by atoms with E-state index in [0.29, 0.717) is 0 Å². The van der Waals surface area contributed by atoms with Gasteiger partial charge in [0, 0.05) is 29.5 Å². The van der Waals surface area contributed by atoms with E-state index in [1.54, 1.807) is 0 Å². The van der Waals surface area contributed by atoms with Crippen LogP contribution >= 0.6 is 0 Å². The molecule has 2 aromatic rings. The van der Waals surface area contributed by atoms with Crippen LogP contribution in [0.25, 0.3) is 27.4 Å². The van der Waals surface area contributed by atoms with Gasteiger partial charge in [-0.25, -0.2) is 0 Å². The van der Waals surface area contributed by atoms with Crippen LogP contribution in [0.5, 0.6) is 0 Å².